The van der Waals surface area contributed by atoms with Crippen molar-refractivity contribution in [1.29, 1.82) is 0 Å². The molecule has 2 aromatic heterocycles. The topological polar surface area (TPSA) is 102 Å². The monoisotopic (exact) mass is 388 g/mol. The Kier molecular flexibility index (Phi) is 4.95. The number of halogens is 1. The molecule has 0 radical (unpaired) electrons. The maximum absolute atomic E-state index is 12.7. The summed E-state index contributed by atoms with van der Waals surface area (Å²) in [6.45, 7) is -0.313. The summed E-state index contributed by atoms with van der Waals surface area (Å²) in [4.78, 5) is 38.2. The van der Waals surface area contributed by atoms with E-state index in [1.54, 1.807) is 37.2 Å². The lowest BCUT2D eigenvalue weighted by Crippen LogP contribution is -2.32. The van der Waals surface area contributed by atoms with Crippen LogP contribution in [-0.2, 0) is 18.4 Å². The minimum absolute atomic E-state index is 0.201. The molecule has 140 valence electrons. The molecule has 0 fully saturated rings. The highest BCUT2D eigenvalue weighted by Crippen LogP contribution is 2.23. The molecular formula is C17H17ClN6O3. The second kappa shape index (κ2) is 7.20. The predicted molar refractivity (Wildman–Crippen MR) is 103 cm³/mol. The molecule has 0 saturated heterocycles. The van der Waals surface area contributed by atoms with Crippen molar-refractivity contribution in [2.45, 2.75) is 6.54 Å². The smallest absolute Gasteiger partial charge is 0.275 e. The first kappa shape index (κ1) is 18.6. The highest BCUT2D eigenvalue weighted by Gasteiger charge is 2.15. The van der Waals surface area contributed by atoms with E-state index < -0.39 is 11.5 Å². The number of hydrogen-bond donors (Lipinski definition) is 1. The number of nitrogens with one attached hydrogen (secondary N) is 1. The van der Waals surface area contributed by atoms with Gasteiger partial charge in [0.25, 0.3) is 11.1 Å². The summed E-state index contributed by atoms with van der Waals surface area (Å²) in [6.07, 6.45) is 0. The van der Waals surface area contributed by atoms with Crippen molar-refractivity contribution in [3.05, 3.63) is 56.1 Å². The molecule has 1 aromatic carbocycles. The Labute approximate surface area is 158 Å². The predicted octanol–water partition coefficient (Wildman–Crippen LogP) is 0.848. The van der Waals surface area contributed by atoms with Crippen LogP contribution in [0.15, 0.2) is 39.9 Å². The molecule has 0 aliphatic carbocycles. The summed E-state index contributed by atoms with van der Waals surface area (Å²) >= 11 is 6.02. The van der Waals surface area contributed by atoms with Crippen molar-refractivity contribution in [2.24, 2.45) is 7.05 Å². The fourth-order valence-corrected chi connectivity index (χ4v) is 2.74. The van der Waals surface area contributed by atoms with Gasteiger partial charge in [-0.05, 0) is 24.3 Å². The van der Waals surface area contributed by atoms with Crippen LogP contribution < -0.4 is 21.3 Å². The third-order valence-corrected chi connectivity index (χ3v) is 4.08. The lowest BCUT2D eigenvalue weighted by Gasteiger charge is -2.16. The van der Waals surface area contributed by atoms with Gasteiger partial charge in [0.15, 0.2) is 11.6 Å². The number of hydrogen-bond acceptors (Lipinski definition) is 6. The van der Waals surface area contributed by atoms with Gasteiger partial charge in [-0.1, -0.05) is 11.6 Å². The van der Waals surface area contributed by atoms with Gasteiger partial charge in [-0.3, -0.25) is 14.4 Å². The number of fused-ring (bicyclic) bond motifs is 1. The summed E-state index contributed by atoms with van der Waals surface area (Å²) in [6, 6.07) is 7.63. The van der Waals surface area contributed by atoms with E-state index in [1.807, 2.05) is 0 Å². The number of aromatic nitrogens is 4. The minimum Gasteiger partial charge on any atom is -0.361 e. The van der Waals surface area contributed by atoms with Gasteiger partial charge < -0.3 is 10.2 Å². The van der Waals surface area contributed by atoms with Crippen LogP contribution in [0.2, 0.25) is 5.02 Å². The van der Waals surface area contributed by atoms with E-state index in [2.05, 4.69) is 15.5 Å². The standard InChI is InChI=1S/C17H17ClN6O3/c1-22(2)16-11-5-4-10(18)8-12(11)17(27)24(21-16)9-14(25)19-13-6-7-15(26)23(3)20-13/h4-8H,9H2,1-3H3,(H,19,20,25). The molecular weight excluding hydrogens is 372 g/mol. The molecule has 0 aliphatic heterocycles. The van der Waals surface area contributed by atoms with Gasteiger partial charge in [0, 0.05) is 37.6 Å². The van der Waals surface area contributed by atoms with Crippen LogP contribution in [0, 0.1) is 0 Å². The summed E-state index contributed by atoms with van der Waals surface area (Å²) in [5.74, 6) is 0.239. The van der Waals surface area contributed by atoms with E-state index in [9.17, 15) is 14.4 Å². The first-order chi connectivity index (χ1) is 12.8. The van der Waals surface area contributed by atoms with E-state index >= 15 is 0 Å². The van der Waals surface area contributed by atoms with E-state index in [4.69, 9.17) is 11.6 Å². The fraction of sp³-hybridized carbons (Fsp3) is 0.235. The van der Waals surface area contributed by atoms with Gasteiger partial charge in [0.05, 0.1) is 5.39 Å². The average Bonchev–Trinajstić information content (AvgIpc) is 2.60. The van der Waals surface area contributed by atoms with E-state index in [0.717, 1.165) is 9.36 Å². The van der Waals surface area contributed by atoms with Crippen molar-refractivity contribution in [3.63, 3.8) is 0 Å². The van der Waals surface area contributed by atoms with Crippen molar-refractivity contribution in [2.75, 3.05) is 24.3 Å². The molecule has 3 aromatic rings. The lowest BCUT2D eigenvalue weighted by atomic mass is 10.2. The Morgan fingerprint density at radius 2 is 1.89 bits per heavy atom. The van der Waals surface area contributed by atoms with Crippen molar-refractivity contribution >= 4 is 39.9 Å². The molecule has 1 N–H and O–H groups in total. The Morgan fingerprint density at radius 3 is 2.56 bits per heavy atom. The normalized spacial score (nSPS) is 10.8. The van der Waals surface area contributed by atoms with Crippen LogP contribution >= 0.6 is 11.6 Å². The molecule has 0 spiro atoms. The zero-order chi connectivity index (χ0) is 19.7. The number of anilines is 2. The van der Waals surface area contributed by atoms with E-state index in [1.165, 1.54) is 19.2 Å². The first-order valence-corrected chi connectivity index (χ1v) is 8.36. The third-order valence-electron chi connectivity index (χ3n) is 3.85. The van der Waals surface area contributed by atoms with Gasteiger partial charge in [0.1, 0.15) is 6.54 Å². The molecule has 3 rings (SSSR count). The summed E-state index contributed by atoms with van der Waals surface area (Å²) in [7, 11) is 5.06. The maximum atomic E-state index is 12.7. The Morgan fingerprint density at radius 1 is 1.15 bits per heavy atom. The summed E-state index contributed by atoms with van der Waals surface area (Å²) < 4.78 is 2.17. The molecule has 0 atom stereocenters. The van der Waals surface area contributed by atoms with Gasteiger partial charge in [0.2, 0.25) is 5.91 Å². The minimum atomic E-state index is -0.498. The zero-order valence-corrected chi connectivity index (χ0v) is 15.7. The average molecular weight is 389 g/mol. The number of amides is 1. The van der Waals surface area contributed by atoms with Crippen LogP contribution in [0.5, 0.6) is 0 Å². The molecule has 0 bridgehead atoms. The Hall–Kier alpha value is -3.20. The van der Waals surface area contributed by atoms with E-state index in [-0.39, 0.29) is 17.9 Å². The number of carbonyl (C=O) groups is 1. The van der Waals surface area contributed by atoms with Crippen LogP contribution in [-0.4, -0.2) is 39.6 Å². The van der Waals surface area contributed by atoms with Gasteiger partial charge >= 0.3 is 0 Å². The molecule has 27 heavy (non-hydrogen) atoms. The van der Waals surface area contributed by atoms with Crippen LogP contribution in [0.4, 0.5) is 11.6 Å². The highest BCUT2D eigenvalue weighted by atomic mass is 35.5. The number of aryl methyl sites for hydroxylation is 1. The maximum Gasteiger partial charge on any atom is 0.275 e. The van der Waals surface area contributed by atoms with Crippen LogP contribution in [0.1, 0.15) is 0 Å². The molecule has 0 aliphatic rings. The Bertz CT molecular complexity index is 1150. The SMILES string of the molecule is CN(C)c1nn(CC(=O)Nc2ccc(=O)n(C)n2)c(=O)c2cc(Cl)ccc12. The van der Waals surface area contributed by atoms with Gasteiger partial charge in [-0.15, -0.1) is 0 Å². The summed E-state index contributed by atoms with van der Waals surface area (Å²) in [5.41, 5.74) is -0.727. The van der Waals surface area contributed by atoms with Crippen molar-refractivity contribution in [1.82, 2.24) is 19.6 Å². The number of nitrogens with zero attached hydrogens (tertiary/aromatic N) is 5. The second-order valence-electron chi connectivity index (χ2n) is 6.10. The first-order valence-electron chi connectivity index (χ1n) is 7.98. The number of carbonyl (C=O) groups excluding carboxylic acids is 1. The molecule has 0 unspecified atom stereocenters. The van der Waals surface area contributed by atoms with Gasteiger partial charge in [-0.2, -0.15) is 10.2 Å². The molecule has 0 saturated carbocycles. The lowest BCUT2D eigenvalue weighted by molar-refractivity contribution is -0.117. The fourth-order valence-electron chi connectivity index (χ4n) is 2.57. The molecule has 10 heteroatoms. The largest absolute Gasteiger partial charge is 0.361 e. The highest BCUT2D eigenvalue weighted by molar-refractivity contribution is 6.31. The summed E-state index contributed by atoms with van der Waals surface area (Å²) in [5, 5.41) is 12.2. The quantitative estimate of drug-likeness (QED) is 0.710. The molecule has 9 nitrogen and oxygen atoms in total. The van der Waals surface area contributed by atoms with Gasteiger partial charge in [-0.25, -0.2) is 9.36 Å². The zero-order valence-electron chi connectivity index (χ0n) is 14.9. The third kappa shape index (κ3) is 3.82. The molecule has 1 amide bonds. The number of benzene rings is 1. The van der Waals surface area contributed by atoms with E-state index in [0.29, 0.717) is 21.6 Å². The van der Waals surface area contributed by atoms with Crippen molar-refractivity contribution < 1.29 is 4.79 Å². The Balaban J connectivity index is 1.97. The number of rotatable bonds is 4. The van der Waals surface area contributed by atoms with Crippen molar-refractivity contribution in [3.8, 4) is 0 Å². The van der Waals surface area contributed by atoms with Crippen LogP contribution in [0.25, 0.3) is 10.8 Å². The van der Waals surface area contributed by atoms with Crippen LogP contribution in [0.3, 0.4) is 0 Å². The molecule has 2 heterocycles. The second-order valence-corrected chi connectivity index (χ2v) is 6.54.